The number of aromatic nitrogens is 1. The number of amides is 1. The number of alkyl halides is 4. The molecule has 1 saturated heterocycles. The highest BCUT2D eigenvalue weighted by Gasteiger charge is 2.57. The predicted octanol–water partition coefficient (Wildman–Crippen LogP) is 5.93. The molecule has 1 amide bonds. The van der Waals surface area contributed by atoms with Gasteiger partial charge in [0.1, 0.15) is 11.6 Å². The first-order valence-electron chi connectivity index (χ1n) is 12.8. The van der Waals surface area contributed by atoms with Crippen LogP contribution in [-0.2, 0) is 32.4 Å². The van der Waals surface area contributed by atoms with Gasteiger partial charge in [-0.15, -0.1) is 13.1 Å². The molecule has 3 aromatic rings. The zero-order valence-corrected chi connectivity index (χ0v) is 22.2. The smallest absolute Gasteiger partial charge is 0.540 e. The van der Waals surface area contributed by atoms with Gasteiger partial charge in [0.15, 0.2) is 4.90 Å². The van der Waals surface area contributed by atoms with Crippen molar-refractivity contribution in [2.24, 2.45) is 0 Å². The van der Waals surface area contributed by atoms with Crippen LogP contribution >= 0.6 is 0 Å². The summed E-state index contributed by atoms with van der Waals surface area (Å²) < 4.78 is 78.0. The van der Waals surface area contributed by atoms with Crippen molar-refractivity contribution in [3.63, 3.8) is 0 Å². The normalized spacial score (nSPS) is 23.1. The zero-order chi connectivity index (χ0) is 28.3. The van der Waals surface area contributed by atoms with Crippen LogP contribution in [0.3, 0.4) is 0 Å². The Morgan fingerprint density at radius 2 is 1.85 bits per heavy atom. The molecule has 6 rings (SSSR count). The minimum Gasteiger partial charge on any atom is -0.593 e. The molecular formula is C28H25F4N3O4S. The molecule has 1 N–H and O–H groups in total. The van der Waals surface area contributed by atoms with Crippen LogP contribution in [0.2, 0.25) is 0 Å². The summed E-state index contributed by atoms with van der Waals surface area (Å²) in [6.45, 7) is 2.87. The Bertz CT molecular complexity index is 1450. The van der Waals surface area contributed by atoms with Gasteiger partial charge in [-0.2, -0.15) is 8.78 Å². The largest absolute Gasteiger partial charge is 0.593 e. The molecule has 1 aliphatic carbocycles. The molecule has 2 aromatic carbocycles. The third-order valence-electron chi connectivity index (χ3n) is 7.55. The molecule has 0 bridgehead atoms. The Balaban J connectivity index is 1.19. The lowest BCUT2D eigenvalue weighted by Crippen LogP contribution is -2.41. The fraction of sp³-hybridized carbons (Fsp3) is 0.357. The number of ether oxygens (including phenoxy) is 2. The molecule has 2 atom stereocenters. The summed E-state index contributed by atoms with van der Waals surface area (Å²) in [5.41, 5.74) is -0.382. The molecule has 2 fully saturated rings. The van der Waals surface area contributed by atoms with Crippen LogP contribution in [0.25, 0.3) is 11.3 Å². The molecule has 3 aliphatic rings. The molecule has 3 heterocycles. The van der Waals surface area contributed by atoms with Crippen LogP contribution in [0.15, 0.2) is 65.6 Å². The van der Waals surface area contributed by atoms with Crippen LogP contribution in [0, 0.1) is 0 Å². The molecule has 7 nitrogen and oxygen atoms in total. The highest BCUT2D eigenvalue weighted by atomic mass is 32.2. The Morgan fingerprint density at radius 3 is 2.52 bits per heavy atom. The summed E-state index contributed by atoms with van der Waals surface area (Å²) >= 11 is -1.24. The van der Waals surface area contributed by atoms with Crippen LogP contribution in [0.1, 0.15) is 43.7 Å². The zero-order valence-electron chi connectivity index (χ0n) is 21.3. The van der Waals surface area contributed by atoms with E-state index >= 15 is 0 Å². The molecule has 0 spiro atoms. The van der Waals surface area contributed by atoms with E-state index in [9.17, 15) is 26.9 Å². The Labute approximate surface area is 230 Å². The number of carbonyl (C=O) groups is 1. The van der Waals surface area contributed by atoms with Gasteiger partial charge < -0.3 is 14.6 Å². The van der Waals surface area contributed by atoms with Gasteiger partial charge in [-0.05, 0) is 86.7 Å². The molecule has 1 unspecified atom stereocenters. The lowest BCUT2D eigenvalue weighted by atomic mass is 9.92. The lowest BCUT2D eigenvalue weighted by Gasteiger charge is -2.31. The van der Waals surface area contributed by atoms with E-state index in [-0.39, 0.29) is 17.4 Å². The average Bonchev–Trinajstić information content (AvgIpc) is 3.62. The number of anilines is 1. The summed E-state index contributed by atoms with van der Waals surface area (Å²) in [7, 11) is 0. The number of fused-ring (bicyclic) bond motifs is 1. The van der Waals surface area contributed by atoms with Crippen molar-refractivity contribution in [3.05, 3.63) is 71.8 Å². The third-order valence-corrected chi connectivity index (χ3v) is 9.20. The topological polar surface area (TPSA) is 86.8 Å². The van der Waals surface area contributed by atoms with E-state index in [0.717, 1.165) is 37.1 Å². The minimum absolute atomic E-state index is 0.243. The van der Waals surface area contributed by atoms with E-state index in [1.807, 2.05) is 16.4 Å². The van der Waals surface area contributed by atoms with Gasteiger partial charge in [0.2, 0.25) is 5.91 Å². The average molecular weight is 576 g/mol. The first-order chi connectivity index (χ1) is 19.0. The highest BCUT2D eigenvalue weighted by Crippen LogP contribution is 2.53. The quantitative estimate of drug-likeness (QED) is 0.290. The van der Waals surface area contributed by atoms with E-state index < -0.39 is 46.4 Å². The maximum absolute atomic E-state index is 14.3. The van der Waals surface area contributed by atoms with E-state index in [1.54, 1.807) is 30.3 Å². The monoisotopic (exact) mass is 575 g/mol. The van der Waals surface area contributed by atoms with Crippen molar-refractivity contribution < 1.29 is 36.4 Å². The van der Waals surface area contributed by atoms with Gasteiger partial charge >= 0.3 is 12.4 Å². The minimum atomic E-state index is -4.47. The van der Waals surface area contributed by atoms with Crippen molar-refractivity contribution in [3.8, 4) is 17.0 Å². The second kappa shape index (κ2) is 9.72. The highest BCUT2D eigenvalue weighted by molar-refractivity contribution is 7.89. The van der Waals surface area contributed by atoms with Crippen molar-refractivity contribution in [2.45, 2.75) is 61.4 Å². The number of hydrogen-bond donors (Lipinski definition) is 1. The maximum atomic E-state index is 14.3. The molecule has 1 aromatic heterocycles. The SMILES string of the molecule is C[C@H]1CCCN1[S+]([O-])c1ccc(-c2cccc(NC(=O)C3(c4ccc5c(c4)C(F)(F)OC(F)(F)O5)CC3)n2)cc1. The van der Waals surface area contributed by atoms with Gasteiger partial charge in [0.25, 0.3) is 0 Å². The first kappa shape index (κ1) is 27.0. The fourth-order valence-electron chi connectivity index (χ4n) is 5.20. The lowest BCUT2D eigenvalue weighted by molar-refractivity contribution is -0.461. The van der Waals surface area contributed by atoms with Crippen molar-refractivity contribution >= 4 is 23.1 Å². The Hall–Kier alpha value is -3.19. The Morgan fingerprint density at radius 1 is 1.10 bits per heavy atom. The van der Waals surface area contributed by atoms with Gasteiger partial charge in [-0.1, -0.05) is 12.1 Å². The molecule has 1 saturated carbocycles. The number of pyridine rings is 1. The van der Waals surface area contributed by atoms with Gasteiger partial charge in [0, 0.05) is 12.1 Å². The number of halogens is 4. The standard InChI is InChI=1S/C28H25F4N3O4S/c1-17-4-3-15-35(17)40(37)20-10-7-18(8-11-20)22-5-2-6-24(33-22)34-25(36)26(13-14-26)19-9-12-23-21(16-19)27(29,30)39-28(31,32)38-23/h2,5-12,16-17H,3-4,13-15H2,1H3,(H,33,34,36)/t17-,40?/m0/s1. The van der Waals surface area contributed by atoms with Crippen LogP contribution in [-0.4, -0.2) is 38.6 Å². The number of hydrogen-bond acceptors (Lipinski definition) is 6. The summed E-state index contributed by atoms with van der Waals surface area (Å²) in [5.74, 6) is -0.892. The second-order valence-electron chi connectivity index (χ2n) is 10.2. The molecule has 12 heteroatoms. The van der Waals surface area contributed by atoms with E-state index in [2.05, 4.69) is 26.7 Å². The number of carbonyl (C=O) groups excluding carboxylic acids is 1. The van der Waals surface area contributed by atoms with Crippen molar-refractivity contribution in [2.75, 3.05) is 11.9 Å². The van der Waals surface area contributed by atoms with Crippen LogP contribution in [0.5, 0.6) is 5.75 Å². The van der Waals surface area contributed by atoms with Crippen LogP contribution < -0.4 is 10.1 Å². The van der Waals surface area contributed by atoms with Gasteiger partial charge in [-0.25, -0.2) is 9.72 Å². The van der Waals surface area contributed by atoms with Crippen LogP contribution in [0.4, 0.5) is 23.4 Å². The number of nitrogens with zero attached hydrogens (tertiary/aromatic N) is 2. The molecule has 40 heavy (non-hydrogen) atoms. The maximum Gasteiger partial charge on any atom is 0.540 e. The first-order valence-corrected chi connectivity index (χ1v) is 14.0. The Kier molecular flexibility index (Phi) is 6.56. The van der Waals surface area contributed by atoms with Gasteiger partial charge in [0.05, 0.1) is 34.1 Å². The molecule has 0 radical (unpaired) electrons. The third kappa shape index (κ3) is 4.93. The van der Waals surface area contributed by atoms with E-state index in [0.29, 0.717) is 23.4 Å². The van der Waals surface area contributed by atoms with E-state index in [4.69, 9.17) is 0 Å². The summed E-state index contributed by atoms with van der Waals surface area (Å²) in [6, 6.07) is 16.0. The second-order valence-corrected chi connectivity index (χ2v) is 11.7. The fourth-order valence-corrected chi connectivity index (χ4v) is 6.57. The summed E-state index contributed by atoms with van der Waals surface area (Å²) in [5, 5.41) is 2.76. The molecule has 210 valence electrons. The summed E-state index contributed by atoms with van der Waals surface area (Å²) in [4.78, 5) is 18.5. The molecule has 2 aliphatic heterocycles. The van der Waals surface area contributed by atoms with Crippen molar-refractivity contribution in [1.82, 2.24) is 9.29 Å². The van der Waals surface area contributed by atoms with Crippen molar-refractivity contribution in [1.29, 1.82) is 0 Å². The van der Waals surface area contributed by atoms with E-state index in [1.165, 1.54) is 6.07 Å². The molecular weight excluding hydrogens is 550 g/mol. The number of benzene rings is 2. The van der Waals surface area contributed by atoms with Gasteiger partial charge in [-0.3, -0.25) is 4.79 Å². The summed E-state index contributed by atoms with van der Waals surface area (Å²) in [6.07, 6.45) is -5.94. The number of rotatable bonds is 6. The predicted molar refractivity (Wildman–Crippen MR) is 138 cm³/mol. The number of nitrogens with one attached hydrogen (secondary N) is 1.